The minimum atomic E-state index is -0.0928. The standard InChI is InChI=1S/C17H20N2O2S/c1-2-14-19-15(11-5-3-4-6-11)16(22-14)17(21)18-12-7-9-13(20)10-8-12/h7-11,20H,2-6H2,1H3,(H,18,21). The molecule has 22 heavy (non-hydrogen) atoms. The third-order valence-electron chi connectivity index (χ3n) is 4.07. The lowest BCUT2D eigenvalue weighted by atomic mass is 10.0. The fourth-order valence-corrected chi connectivity index (χ4v) is 3.89. The average molecular weight is 316 g/mol. The van der Waals surface area contributed by atoms with Gasteiger partial charge in [-0.1, -0.05) is 19.8 Å². The zero-order valence-electron chi connectivity index (χ0n) is 12.6. The van der Waals surface area contributed by atoms with E-state index >= 15 is 0 Å². The summed E-state index contributed by atoms with van der Waals surface area (Å²) in [6, 6.07) is 6.53. The summed E-state index contributed by atoms with van der Waals surface area (Å²) < 4.78 is 0. The first kappa shape index (κ1) is 15.0. The van der Waals surface area contributed by atoms with Gasteiger partial charge in [0, 0.05) is 11.6 Å². The molecule has 2 N–H and O–H groups in total. The number of hydrogen-bond donors (Lipinski definition) is 2. The van der Waals surface area contributed by atoms with Gasteiger partial charge in [0.15, 0.2) is 0 Å². The maximum Gasteiger partial charge on any atom is 0.267 e. The second kappa shape index (κ2) is 6.48. The molecule has 1 aromatic carbocycles. The van der Waals surface area contributed by atoms with Gasteiger partial charge in [-0.3, -0.25) is 4.79 Å². The zero-order valence-corrected chi connectivity index (χ0v) is 13.4. The number of amides is 1. The summed E-state index contributed by atoms with van der Waals surface area (Å²) in [5.74, 6) is 0.526. The van der Waals surface area contributed by atoms with Crippen molar-refractivity contribution in [2.75, 3.05) is 5.32 Å². The number of carbonyl (C=O) groups excluding carboxylic acids is 1. The number of hydrogen-bond acceptors (Lipinski definition) is 4. The van der Waals surface area contributed by atoms with Gasteiger partial charge < -0.3 is 10.4 Å². The predicted molar refractivity (Wildman–Crippen MR) is 88.8 cm³/mol. The first-order valence-electron chi connectivity index (χ1n) is 7.77. The van der Waals surface area contributed by atoms with Gasteiger partial charge in [-0.05, 0) is 43.5 Å². The molecule has 4 nitrogen and oxygen atoms in total. The smallest absolute Gasteiger partial charge is 0.267 e. The lowest BCUT2D eigenvalue weighted by Crippen LogP contribution is -2.13. The van der Waals surface area contributed by atoms with E-state index in [-0.39, 0.29) is 11.7 Å². The minimum absolute atomic E-state index is 0.0928. The summed E-state index contributed by atoms with van der Waals surface area (Å²) >= 11 is 1.50. The van der Waals surface area contributed by atoms with Gasteiger partial charge >= 0.3 is 0 Å². The number of aromatic nitrogens is 1. The maximum absolute atomic E-state index is 12.6. The summed E-state index contributed by atoms with van der Waals surface area (Å²) in [7, 11) is 0. The number of phenols is 1. The molecule has 1 fully saturated rings. The Morgan fingerprint density at radius 1 is 1.32 bits per heavy atom. The normalized spacial score (nSPS) is 15.1. The molecule has 0 aliphatic heterocycles. The van der Waals surface area contributed by atoms with Crippen molar-refractivity contribution in [3.8, 4) is 5.75 Å². The van der Waals surface area contributed by atoms with Crippen LogP contribution in [0.4, 0.5) is 5.69 Å². The van der Waals surface area contributed by atoms with E-state index in [4.69, 9.17) is 4.98 Å². The van der Waals surface area contributed by atoms with E-state index in [0.29, 0.717) is 11.6 Å². The number of nitrogens with zero attached hydrogens (tertiary/aromatic N) is 1. The number of aryl methyl sites for hydroxylation is 1. The van der Waals surface area contributed by atoms with Crippen molar-refractivity contribution in [1.29, 1.82) is 0 Å². The predicted octanol–water partition coefficient (Wildman–Crippen LogP) is 4.32. The molecule has 1 aromatic heterocycles. The van der Waals surface area contributed by atoms with Crippen molar-refractivity contribution >= 4 is 22.9 Å². The van der Waals surface area contributed by atoms with Crippen LogP contribution in [-0.2, 0) is 6.42 Å². The molecular weight excluding hydrogens is 296 g/mol. The molecular formula is C17H20N2O2S. The molecule has 5 heteroatoms. The topological polar surface area (TPSA) is 62.2 Å². The van der Waals surface area contributed by atoms with E-state index in [2.05, 4.69) is 12.2 Å². The highest BCUT2D eigenvalue weighted by molar-refractivity contribution is 7.14. The Labute approximate surface area is 134 Å². The van der Waals surface area contributed by atoms with Crippen LogP contribution in [0.15, 0.2) is 24.3 Å². The van der Waals surface area contributed by atoms with Crippen LogP contribution in [-0.4, -0.2) is 16.0 Å². The van der Waals surface area contributed by atoms with E-state index in [0.717, 1.165) is 34.8 Å². The van der Waals surface area contributed by atoms with Crippen LogP contribution >= 0.6 is 11.3 Å². The van der Waals surface area contributed by atoms with Crippen LogP contribution in [0.25, 0.3) is 0 Å². The number of phenolic OH excluding ortho intramolecular Hbond substituents is 1. The monoisotopic (exact) mass is 316 g/mol. The number of aromatic hydroxyl groups is 1. The summed E-state index contributed by atoms with van der Waals surface area (Å²) in [6.45, 7) is 2.07. The number of anilines is 1. The van der Waals surface area contributed by atoms with Crippen molar-refractivity contribution in [1.82, 2.24) is 4.98 Å². The van der Waals surface area contributed by atoms with Gasteiger partial charge in [-0.25, -0.2) is 4.98 Å². The van der Waals surface area contributed by atoms with E-state index in [1.54, 1.807) is 24.3 Å². The van der Waals surface area contributed by atoms with Gasteiger partial charge in [-0.2, -0.15) is 0 Å². The molecule has 0 radical (unpaired) electrons. The van der Waals surface area contributed by atoms with Crippen LogP contribution < -0.4 is 5.32 Å². The maximum atomic E-state index is 12.6. The fourth-order valence-electron chi connectivity index (χ4n) is 2.90. The van der Waals surface area contributed by atoms with Crippen LogP contribution in [0.5, 0.6) is 5.75 Å². The molecule has 2 aromatic rings. The molecule has 0 saturated heterocycles. The highest BCUT2D eigenvalue weighted by atomic mass is 32.1. The van der Waals surface area contributed by atoms with Crippen LogP contribution in [0.2, 0.25) is 0 Å². The quantitative estimate of drug-likeness (QED) is 0.826. The Morgan fingerprint density at radius 2 is 2.00 bits per heavy atom. The lowest BCUT2D eigenvalue weighted by molar-refractivity contribution is 0.102. The van der Waals surface area contributed by atoms with Gasteiger partial charge in [0.1, 0.15) is 10.6 Å². The van der Waals surface area contributed by atoms with E-state index in [9.17, 15) is 9.90 Å². The van der Waals surface area contributed by atoms with Crippen molar-refractivity contribution in [2.45, 2.75) is 44.9 Å². The summed E-state index contributed by atoms with van der Waals surface area (Å²) in [4.78, 5) is 18.1. The van der Waals surface area contributed by atoms with Crippen LogP contribution in [0.1, 0.15) is 58.9 Å². The van der Waals surface area contributed by atoms with Gasteiger partial charge in [0.25, 0.3) is 5.91 Å². The van der Waals surface area contributed by atoms with E-state index in [1.807, 2.05) is 0 Å². The van der Waals surface area contributed by atoms with Crippen LogP contribution in [0.3, 0.4) is 0 Å². The molecule has 1 amide bonds. The zero-order chi connectivity index (χ0) is 15.5. The number of thiazole rings is 1. The van der Waals surface area contributed by atoms with Crippen molar-refractivity contribution < 1.29 is 9.90 Å². The second-order valence-corrected chi connectivity index (χ2v) is 6.74. The molecule has 1 heterocycles. The van der Waals surface area contributed by atoms with Crippen LogP contribution in [0, 0.1) is 0 Å². The molecule has 0 spiro atoms. The first-order valence-corrected chi connectivity index (χ1v) is 8.59. The third kappa shape index (κ3) is 3.14. The molecule has 0 atom stereocenters. The Bertz CT molecular complexity index is 658. The average Bonchev–Trinajstić information content (AvgIpc) is 3.18. The van der Waals surface area contributed by atoms with Gasteiger partial charge in [0.05, 0.1) is 10.7 Å². The Balaban J connectivity index is 1.84. The number of carbonyl (C=O) groups is 1. The second-order valence-electron chi connectivity index (χ2n) is 5.66. The Hall–Kier alpha value is -1.88. The van der Waals surface area contributed by atoms with Crippen molar-refractivity contribution in [2.24, 2.45) is 0 Å². The molecule has 1 saturated carbocycles. The molecule has 1 aliphatic carbocycles. The molecule has 116 valence electrons. The third-order valence-corrected chi connectivity index (χ3v) is 5.29. The summed E-state index contributed by atoms with van der Waals surface area (Å²) in [5.41, 5.74) is 1.67. The first-order chi connectivity index (χ1) is 10.7. The largest absolute Gasteiger partial charge is 0.508 e. The SMILES string of the molecule is CCc1nc(C2CCCC2)c(C(=O)Nc2ccc(O)cc2)s1. The highest BCUT2D eigenvalue weighted by Crippen LogP contribution is 2.37. The lowest BCUT2D eigenvalue weighted by Gasteiger charge is -2.09. The molecule has 0 unspecified atom stereocenters. The fraction of sp³-hybridized carbons (Fsp3) is 0.412. The summed E-state index contributed by atoms with van der Waals surface area (Å²) in [5, 5.41) is 13.2. The van der Waals surface area contributed by atoms with E-state index < -0.39 is 0 Å². The Morgan fingerprint density at radius 3 is 2.64 bits per heavy atom. The number of nitrogens with one attached hydrogen (secondary N) is 1. The highest BCUT2D eigenvalue weighted by Gasteiger charge is 2.26. The molecule has 1 aliphatic rings. The number of benzene rings is 1. The van der Waals surface area contributed by atoms with Gasteiger partial charge in [-0.15, -0.1) is 11.3 Å². The molecule has 3 rings (SSSR count). The number of rotatable bonds is 4. The van der Waals surface area contributed by atoms with E-state index in [1.165, 1.54) is 24.2 Å². The summed E-state index contributed by atoms with van der Waals surface area (Å²) in [6.07, 6.45) is 5.57. The van der Waals surface area contributed by atoms with Gasteiger partial charge in [0.2, 0.25) is 0 Å². The van der Waals surface area contributed by atoms with Crippen molar-refractivity contribution in [3.05, 3.63) is 39.8 Å². The van der Waals surface area contributed by atoms with Crippen molar-refractivity contribution in [3.63, 3.8) is 0 Å². The minimum Gasteiger partial charge on any atom is -0.508 e. The molecule has 0 bridgehead atoms. The Kier molecular flexibility index (Phi) is 4.43.